The van der Waals surface area contributed by atoms with E-state index < -0.39 is 47.6 Å². The number of nitrogens with zero attached hydrogens (tertiary/aromatic N) is 6. The molecule has 2 saturated heterocycles. The average Bonchev–Trinajstić information content (AvgIpc) is 4.17. The van der Waals surface area contributed by atoms with Gasteiger partial charge in [-0.3, -0.25) is 28.7 Å². The number of carbonyl (C=O) groups excluding carboxylic acids is 4. The highest BCUT2D eigenvalue weighted by atomic mass is 35.5. The maximum Gasteiger partial charge on any atom is 0.249 e. The lowest BCUT2D eigenvalue weighted by molar-refractivity contribution is -0.146. The molecule has 0 aliphatic carbocycles. The molecule has 6 heterocycles. The zero-order valence-electron chi connectivity index (χ0n) is 40.9. The SMILES string of the molecule is Cc1ncsc1-c1ccc([C@H](C)NC(=O)[C@@H]2C[C@@H](O)CN2C(=O)[C@@H](NC(=O)[C@@H]2CC[C@H](COCCCNC(=O)C[C@@H]3N=C(c4ccc(Cl)cc4)c4c(sc(C)c4C)-n4c(C)nnc43)O2)C(C)(C)C)cc1. The molecule has 5 aromatic rings. The molecule has 4 amide bonds. The first-order chi connectivity index (χ1) is 33.4. The molecule has 7 atom stereocenters. The summed E-state index contributed by atoms with van der Waals surface area (Å²) in [6, 6.07) is 12.7. The van der Waals surface area contributed by atoms with E-state index in [9.17, 15) is 24.3 Å². The van der Waals surface area contributed by atoms with Gasteiger partial charge < -0.3 is 35.4 Å². The number of aliphatic hydroxyl groups is 1. The highest BCUT2D eigenvalue weighted by Gasteiger charge is 2.46. The van der Waals surface area contributed by atoms with E-state index in [0.29, 0.717) is 43.3 Å². The molecule has 16 nitrogen and oxygen atoms in total. The number of halogens is 1. The number of aliphatic imine (C=N–C) groups is 1. The molecule has 0 spiro atoms. The van der Waals surface area contributed by atoms with Crippen molar-refractivity contribution in [2.24, 2.45) is 10.4 Å². The molecule has 19 heteroatoms. The minimum atomic E-state index is -0.987. The van der Waals surface area contributed by atoms with Gasteiger partial charge in [0.25, 0.3) is 0 Å². The highest BCUT2D eigenvalue weighted by Crippen LogP contribution is 2.40. The molecule has 3 aromatic heterocycles. The predicted octanol–water partition coefficient (Wildman–Crippen LogP) is 7.06. The Hall–Kier alpha value is -5.37. The van der Waals surface area contributed by atoms with Crippen LogP contribution in [0.2, 0.25) is 5.02 Å². The van der Waals surface area contributed by atoms with E-state index in [1.54, 1.807) is 22.7 Å². The summed E-state index contributed by atoms with van der Waals surface area (Å²) in [7, 11) is 0. The van der Waals surface area contributed by atoms with Gasteiger partial charge in [0.15, 0.2) is 5.82 Å². The van der Waals surface area contributed by atoms with E-state index in [1.165, 1.54) is 4.90 Å². The summed E-state index contributed by atoms with van der Waals surface area (Å²) in [4.78, 5) is 68.4. The van der Waals surface area contributed by atoms with E-state index in [4.69, 9.17) is 26.1 Å². The lowest BCUT2D eigenvalue weighted by Crippen LogP contribution is -2.59. The number of rotatable bonds is 16. The summed E-state index contributed by atoms with van der Waals surface area (Å²) in [6.45, 7) is 16.5. The van der Waals surface area contributed by atoms with Gasteiger partial charge in [0.2, 0.25) is 23.6 Å². The molecule has 8 rings (SSSR count). The molecule has 0 radical (unpaired) electrons. The number of hydrogen-bond donors (Lipinski definition) is 4. The van der Waals surface area contributed by atoms with E-state index in [2.05, 4.69) is 45.0 Å². The van der Waals surface area contributed by atoms with Gasteiger partial charge in [0.05, 0.1) is 53.1 Å². The van der Waals surface area contributed by atoms with Crippen LogP contribution >= 0.6 is 34.3 Å². The van der Waals surface area contributed by atoms with Gasteiger partial charge in [-0.25, -0.2) is 4.98 Å². The highest BCUT2D eigenvalue weighted by molar-refractivity contribution is 7.15. The molecular weight excluding hydrogens is 950 g/mol. The number of carbonyl (C=O) groups is 4. The smallest absolute Gasteiger partial charge is 0.249 e. The zero-order valence-corrected chi connectivity index (χ0v) is 43.3. The van der Waals surface area contributed by atoms with Gasteiger partial charge in [-0.15, -0.1) is 32.9 Å². The Kier molecular flexibility index (Phi) is 15.7. The van der Waals surface area contributed by atoms with Crippen LogP contribution < -0.4 is 16.0 Å². The first-order valence-electron chi connectivity index (χ1n) is 23.8. The number of aliphatic hydroxyl groups excluding tert-OH is 1. The van der Waals surface area contributed by atoms with Crippen molar-refractivity contribution >= 4 is 63.6 Å². The fraction of sp³-hybridized carbons (Fsp3) is 0.490. The van der Waals surface area contributed by atoms with Gasteiger partial charge in [0.1, 0.15) is 35.1 Å². The van der Waals surface area contributed by atoms with Crippen molar-refractivity contribution in [3.63, 3.8) is 0 Å². The molecule has 3 aliphatic rings. The molecule has 372 valence electrons. The van der Waals surface area contributed by atoms with Crippen molar-refractivity contribution in [2.45, 2.75) is 130 Å². The number of ether oxygens (including phenoxy) is 2. The largest absolute Gasteiger partial charge is 0.391 e. The minimum Gasteiger partial charge on any atom is -0.391 e. The molecule has 2 aromatic carbocycles. The summed E-state index contributed by atoms with van der Waals surface area (Å²) in [6.07, 6.45) is -0.266. The number of β-amino-alcohol motifs (C(OH)–C–C–N with tert-alkyl or cyclic N) is 1. The second-order valence-corrected chi connectivity index (χ2v) is 22.0. The first-order valence-corrected chi connectivity index (χ1v) is 25.9. The second kappa shape index (κ2) is 21.5. The van der Waals surface area contributed by atoms with E-state index in [1.807, 2.05) is 100 Å². The third kappa shape index (κ3) is 11.2. The van der Waals surface area contributed by atoms with Crippen molar-refractivity contribution in [3.8, 4) is 15.4 Å². The Balaban J connectivity index is 0.798. The van der Waals surface area contributed by atoms with Crippen molar-refractivity contribution in [1.29, 1.82) is 0 Å². The van der Waals surface area contributed by atoms with Gasteiger partial charge in [0, 0.05) is 47.1 Å². The fourth-order valence-corrected chi connectivity index (χ4v) is 11.4. The number of nitrogens with one attached hydrogen (secondary N) is 3. The number of hydrogen-bond acceptors (Lipinski definition) is 13. The maximum absolute atomic E-state index is 14.3. The topological polar surface area (TPSA) is 202 Å². The summed E-state index contributed by atoms with van der Waals surface area (Å²) >= 11 is 9.48. The molecule has 2 fully saturated rings. The molecular formula is C51H62ClN9O7S2. The summed E-state index contributed by atoms with van der Waals surface area (Å²) in [5.74, 6) is -0.0808. The Morgan fingerprint density at radius 1 is 0.971 bits per heavy atom. The van der Waals surface area contributed by atoms with Crippen LogP contribution in [0, 0.1) is 33.1 Å². The number of aryl methyl sites for hydroxylation is 3. The first kappa shape index (κ1) is 51.0. The van der Waals surface area contributed by atoms with Crippen LogP contribution in [0.25, 0.3) is 15.4 Å². The van der Waals surface area contributed by atoms with Gasteiger partial charge in [-0.1, -0.05) is 68.8 Å². The van der Waals surface area contributed by atoms with Gasteiger partial charge >= 0.3 is 0 Å². The minimum absolute atomic E-state index is 0.0274. The normalized spacial score (nSPS) is 20.8. The van der Waals surface area contributed by atoms with E-state index in [-0.39, 0.29) is 50.0 Å². The Bertz CT molecular complexity index is 2750. The third-order valence-corrected chi connectivity index (χ3v) is 15.7. The van der Waals surface area contributed by atoms with Crippen LogP contribution in [0.5, 0.6) is 0 Å². The van der Waals surface area contributed by atoms with Crippen molar-refractivity contribution in [3.05, 3.63) is 104 Å². The molecule has 0 bridgehead atoms. The molecule has 0 saturated carbocycles. The number of likely N-dealkylation sites (tertiary alicyclic amines) is 1. The van der Waals surface area contributed by atoms with Crippen molar-refractivity contribution < 1.29 is 33.8 Å². The fourth-order valence-electron chi connectivity index (χ4n) is 9.27. The number of aromatic nitrogens is 4. The standard InChI is InChI=1S/C51H62ClN9O7S2/c1-27-30(4)70-50-42(27)43(33-14-16-35(52)17-15-33)56-38(46-59-58-31(5)61(46)50)23-41(63)53-20-9-21-67-25-37-18-19-40(68-37)48(65)57-45(51(6,7)8)49(66)60-24-36(62)22-39(60)47(64)55-28(2)32-10-12-34(13-11-32)44-29(3)54-26-69-44/h10-17,26,28,36-40,45,62H,9,18-25H2,1-8H3,(H,53,63)(H,55,64)(H,57,65)/t28-,36+,37+,38-,39-,40-,45+/m0/s1. The van der Waals surface area contributed by atoms with Crippen LogP contribution in [-0.2, 0) is 28.7 Å². The predicted molar refractivity (Wildman–Crippen MR) is 271 cm³/mol. The number of benzene rings is 2. The number of amides is 4. The van der Waals surface area contributed by atoms with Crippen LogP contribution in [0.4, 0.5) is 0 Å². The van der Waals surface area contributed by atoms with Gasteiger partial charge in [-0.05, 0) is 88.1 Å². The number of thiophene rings is 1. The van der Waals surface area contributed by atoms with Gasteiger partial charge in [-0.2, -0.15) is 0 Å². The Morgan fingerprint density at radius 2 is 1.70 bits per heavy atom. The maximum atomic E-state index is 14.3. The van der Waals surface area contributed by atoms with Crippen LogP contribution in [-0.4, -0.2) is 116 Å². The molecule has 70 heavy (non-hydrogen) atoms. The third-order valence-electron chi connectivity index (χ3n) is 13.3. The van der Waals surface area contributed by atoms with Crippen LogP contribution in [0.3, 0.4) is 0 Å². The van der Waals surface area contributed by atoms with E-state index >= 15 is 0 Å². The number of fused-ring (bicyclic) bond motifs is 3. The quantitative estimate of drug-likeness (QED) is 0.0742. The lowest BCUT2D eigenvalue weighted by Gasteiger charge is -2.36. The molecule has 0 unspecified atom stereocenters. The summed E-state index contributed by atoms with van der Waals surface area (Å²) in [5.41, 5.74) is 7.79. The zero-order chi connectivity index (χ0) is 50.0. The molecule has 4 N–H and O–H groups in total. The van der Waals surface area contributed by atoms with Crippen molar-refractivity contribution in [1.82, 2.24) is 40.6 Å². The van der Waals surface area contributed by atoms with Crippen LogP contribution in [0.1, 0.15) is 116 Å². The molecule has 3 aliphatic heterocycles. The van der Waals surface area contributed by atoms with E-state index in [0.717, 1.165) is 59.8 Å². The second-order valence-electron chi connectivity index (χ2n) is 19.5. The monoisotopic (exact) mass is 1010 g/mol. The number of thiazole rings is 1. The average molecular weight is 1010 g/mol. The van der Waals surface area contributed by atoms with Crippen molar-refractivity contribution in [2.75, 3.05) is 26.3 Å². The Morgan fingerprint density at radius 3 is 2.40 bits per heavy atom. The lowest BCUT2D eigenvalue weighted by atomic mass is 9.85. The Labute approximate surface area is 421 Å². The van der Waals surface area contributed by atoms with Crippen LogP contribution in [0.15, 0.2) is 59.0 Å². The summed E-state index contributed by atoms with van der Waals surface area (Å²) in [5, 5.41) is 30.2. The summed E-state index contributed by atoms with van der Waals surface area (Å²) < 4.78 is 14.1.